The van der Waals surface area contributed by atoms with Crippen LogP contribution in [-0.4, -0.2) is 35.5 Å². The minimum Gasteiger partial charge on any atom is -0.359 e. The van der Waals surface area contributed by atoms with E-state index in [1.807, 2.05) is 6.92 Å². The number of aliphatic imine (C=N–C) groups is 1. The topological polar surface area (TPSA) is 53.5 Å². The van der Waals surface area contributed by atoms with Crippen LogP contribution in [0.3, 0.4) is 0 Å². The average molecular weight is 269 g/mol. The molecule has 2 rings (SSSR count). The summed E-state index contributed by atoms with van der Waals surface area (Å²) >= 11 is 1.77. The Balaban J connectivity index is 1.87. The molecule has 1 saturated carbocycles. The van der Waals surface area contributed by atoms with Crippen molar-refractivity contribution in [3.05, 3.63) is 0 Å². The van der Waals surface area contributed by atoms with E-state index in [1.165, 1.54) is 25.7 Å². The van der Waals surface area contributed by atoms with Crippen LogP contribution in [0.5, 0.6) is 0 Å². The first-order valence-electron chi connectivity index (χ1n) is 6.86. The van der Waals surface area contributed by atoms with Crippen molar-refractivity contribution in [2.45, 2.75) is 45.1 Å². The Morgan fingerprint density at radius 3 is 3.22 bits per heavy atom. The largest absolute Gasteiger partial charge is 0.359 e. The van der Waals surface area contributed by atoms with E-state index >= 15 is 0 Å². The molecule has 5 heteroatoms. The third kappa shape index (κ3) is 3.40. The molecule has 1 aliphatic heterocycles. The lowest BCUT2D eigenvalue weighted by atomic mass is 9.78. The van der Waals surface area contributed by atoms with Crippen LogP contribution < -0.4 is 10.6 Å². The molecule has 0 radical (unpaired) electrons. The normalized spacial score (nSPS) is 33.7. The third-order valence-electron chi connectivity index (χ3n) is 3.69. The molecule has 2 unspecified atom stereocenters. The van der Waals surface area contributed by atoms with E-state index in [0.29, 0.717) is 6.54 Å². The molecule has 1 aliphatic carbocycles. The number of likely N-dealkylation sites (N-methyl/N-ethyl adjacent to an activating group) is 1. The maximum Gasteiger partial charge on any atom is 0.241 e. The average Bonchev–Trinajstić information content (AvgIpc) is 2.70. The molecule has 4 nitrogen and oxygen atoms in total. The Hall–Kier alpha value is -0.710. The van der Waals surface area contributed by atoms with Gasteiger partial charge in [-0.15, -0.1) is 0 Å². The standard InChI is InChI=1S/C13H23N3OS/c1-3-14-11(17)8-15-12-16-13(9-18-12)6-4-5-10(2)7-13/h10H,3-9H2,1-2H3,(H,14,17)(H,15,16). The molecule has 0 aromatic carbocycles. The van der Waals surface area contributed by atoms with Gasteiger partial charge in [-0.25, -0.2) is 0 Å². The fourth-order valence-corrected chi connectivity index (χ4v) is 4.08. The van der Waals surface area contributed by atoms with E-state index in [0.717, 1.165) is 16.8 Å². The van der Waals surface area contributed by atoms with Crippen molar-refractivity contribution in [2.75, 3.05) is 18.8 Å². The Morgan fingerprint density at radius 1 is 1.67 bits per heavy atom. The third-order valence-corrected chi connectivity index (χ3v) is 4.89. The number of amides is 1. The van der Waals surface area contributed by atoms with Crippen LogP contribution in [0.4, 0.5) is 0 Å². The zero-order valence-electron chi connectivity index (χ0n) is 11.3. The van der Waals surface area contributed by atoms with Crippen molar-refractivity contribution in [3.63, 3.8) is 0 Å². The Bertz CT molecular complexity index is 345. The monoisotopic (exact) mass is 269 g/mol. The van der Waals surface area contributed by atoms with Gasteiger partial charge in [0.15, 0.2) is 5.17 Å². The lowest BCUT2D eigenvalue weighted by Gasteiger charge is -2.36. The minimum atomic E-state index is 0.00497. The summed E-state index contributed by atoms with van der Waals surface area (Å²) in [6, 6.07) is 0. The van der Waals surface area contributed by atoms with Crippen LogP contribution in [-0.2, 0) is 4.79 Å². The highest BCUT2D eigenvalue weighted by Gasteiger charge is 2.40. The van der Waals surface area contributed by atoms with Gasteiger partial charge in [-0.2, -0.15) is 0 Å². The number of carbonyl (C=O) groups excluding carboxylic acids is 1. The number of amidine groups is 1. The predicted octanol–water partition coefficient (Wildman–Crippen LogP) is 1.76. The first-order valence-corrected chi connectivity index (χ1v) is 7.84. The Labute approximate surface area is 113 Å². The lowest BCUT2D eigenvalue weighted by molar-refractivity contribution is -0.119. The molecule has 0 aromatic heterocycles. The summed E-state index contributed by atoms with van der Waals surface area (Å²) in [5, 5.41) is 7.29. The van der Waals surface area contributed by atoms with E-state index in [2.05, 4.69) is 22.5 Å². The number of nitrogens with one attached hydrogen (secondary N) is 2. The molecule has 2 atom stereocenters. The van der Waals surface area contributed by atoms with Gasteiger partial charge in [0.05, 0.1) is 0 Å². The Kier molecular flexibility index (Phi) is 4.54. The summed E-state index contributed by atoms with van der Waals surface area (Å²) in [6.07, 6.45) is 5.13. The SMILES string of the molecule is CCNC(=O)CN=C1NC2(CCCC(C)C2)CS1. The predicted molar refractivity (Wildman–Crippen MR) is 76.9 cm³/mol. The summed E-state index contributed by atoms with van der Waals surface area (Å²) in [5.74, 6) is 1.91. The lowest BCUT2D eigenvalue weighted by Crippen LogP contribution is -2.47. The van der Waals surface area contributed by atoms with Gasteiger partial charge in [-0.3, -0.25) is 9.79 Å². The fraction of sp³-hybridized carbons (Fsp3) is 0.846. The van der Waals surface area contributed by atoms with Crippen molar-refractivity contribution < 1.29 is 4.79 Å². The molecule has 2 aliphatic rings. The second-order valence-electron chi connectivity index (χ2n) is 5.47. The number of hydrogen-bond donors (Lipinski definition) is 2. The quantitative estimate of drug-likeness (QED) is 0.821. The van der Waals surface area contributed by atoms with Gasteiger partial charge < -0.3 is 10.6 Å². The molecule has 1 saturated heterocycles. The van der Waals surface area contributed by atoms with Gasteiger partial charge in [0.2, 0.25) is 5.91 Å². The molecule has 1 spiro atoms. The van der Waals surface area contributed by atoms with E-state index in [1.54, 1.807) is 11.8 Å². The van der Waals surface area contributed by atoms with Gasteiger partial charge in [-0.05, 0) is 25.7 Å². The second-order valence-corrected chi connectivity index (χ2v) is 6.43. The summed E-state index contributed by atoms with van der Waals surface area (Å²) in [6.45, 7) is 5.17. The van der Waals surface area contributed by atoms with Crippen LogP contribution in [0.2, 0.25) is 0 Å². The second kappa shape index (κ2) is 5.95. The van der Waals surface area contributed by atoms with Crippen molar-refractivity contribution in [2.24, 2.45) is 10.9 Å². The minimum absolute atomic E-state index is 0.00497. The van der Waals surface area contributed by atoms with Crippen LogP contribution in [0, 0.1) is 5.92 Å². The maximum atomic E-state index is 11.4. The summed E-state index contributed by atoms with van der Waals surface area (Å²) < 4.78 is 0. The molecule has 0 aromatic rings. The highest BCUT2D eigenvalue weighted by atomic mass is 32.2. The van der Waals surface area contributed by atoms with Gasteiger partial charge in [0, 0.05) is 17.8 Å². The molecular weight excluding hydrogens is 246 g/mol. The molecule has 102 valence electrons. The van der Waals surface area contributed by atoms with Crippen LogP contribution in [0.25, 0.3) is 0 Å². The first-order chi connectivity index (χ1) is 8.63. The molecule has 1 heterocycles. The zero-order valence-corrected chi connectivity index (χ0v) is 12.1. The fourth-order valence-electron chi connectivity index (χ4n) is 2.89. The number of nitrogens with zero attached hydrogens (tertiary/aromatic N) is 1. The van der Waals surface area contributed by atoms with Crippen molar-refractivity contribution in [3.8, 4) is 0 Å². The van der Waals surface area contributed by atoms with Gasteiger partial charge in [-0.1, -0.05) is 31.5 Å². The van der Waals surface area contributed by atoms with Crippen LogP contribution in [0.1, 0.15) is 39.5 Å². The number of carbonyl (C=O) groups is 1. The number of thioether (sulfide) groups is 1. The molecule has 18 heavy (non-hydrogen) atoms. The molecule has 2 N–H and O–H groups in total. The van der Waals surface area contributed by atoms with Crippen molar-refractivity contribution in [1.29, 1.82) is 0 Å². The van der Waals surface area contributed by atoms with Gasteiger partial charge in [0.1, 0.15) is 6.54 Å². The van der Waals surface area contributed by atoms with Crippen molar-refractivity contribution in [1.82, 2.24) is 10.6 Å². The van der Waals surface area contributed by atoms with E-state index in [-0.39, 0.29) is 18.0 Å². The van der Waals surface area contributed by atoms with E-state index in [9.17, 15) is 4.79 Å². The number of rotatable bonds is 3. The molecule has 1 amide bonds. The molecular formula is C13H23N3OS. The van der Waals surface area contributed by atoms with Gasteiger partial charge in [0.25, 0.3) is 0 Å². The highest BCUT2D eigenvalue weighted by molar-refractivity contribution is 8.14. The van der Waals surface area contributed by atoms with E-state index in [4.69, 9.17) is 0 Å². The van der Waals surface area contributed by atoms with Crippen LogP contribution in [0.15, 0.2) is 4.99 Å². The summed E-state index contributed by atoms with van der Waals surface area (Å²) in [7, 11) is 0. The smallest absolute Gasteiger partial charge is 0.241 e. The van der Waals surface area contributed by atoms with E-state index < -0.39 is 0 Å². The summed E-state index contributed by atoms with van der Waals surface area (Å²) in [5.41, 5.74) is 0.252. The van der Waals surface area contributed by atoms with Crippen LogP contribution >= 0.6 is 11.8 Å². The van der Waals surface area contributed by atoms with Crippen molar-refractivity contribution >= 4 is 22.8 Å². The first kappa shape index (κ1) is 13.7. The zero-order chi connectivity index (χ0) is 13.0. The highest BCUT2D eigenvalue weighted by Crippen LogP contribution is 2.38. The molecule has 2 fully saturated rings. The molecule has 0 bridgehead atoms. The summed E-state index contributed by atoms with van der Waals surface area (Å²) in [4.78, 5) is 15.7. The maximum absolute atomic E-state index is 11.4. The van der Waals surface area contributed by atoms with Gasteiger partial charge >= 0.3 is 0 Å². The Morgan fingerprint density at radius 2 is 2.50 bits per heavy atom. The number of hydrogen-bond acceptors (Lipinski definition) is 3.